The molecular weight excluding hydrogens is 320 g/mol. The Morgan fingerprint density at radius 1 is 1.24 bits per heavy atom. The van der Waals surface area contributed by atoms with Crippen LogP contribution in [0.5, 0.6) is 0 Å². The van der Waals surface area contributed by atoms with Gasteiger partial charge in [0.05, 0.1) is 24.1 Å². The molecule has 0 bridgehead atoms. The topological polar surface area (TPSA) is 105 Å². The highest BCUT2D eigenvalue weighted by Gasteiger charge is 2.29. The summed E-state index contributed by atoms with van der Waals surface area (Å²) in [6.07, 6.45) is 7.81. The molecule has 1 saturated heterocycles. The standard InChI is InChI=1S/C16H18N8O/c25-16(23-9-2-1-3-14(23)15-17-11-19-21-15)20-12-4-6-13(7-5-12)24-10-8-18-22-24/h4-8,10-11,14H,1-3,9H2,(H,20,25)(H,17,19,21)/t14-/m1/s1. The molecule has 2 aromatic heterocycles. The summed E-state index contributed by atoms with van der Waals surface area (Å²) in [5.41, 5.74) is 1.61. The van der Waals surface area contributed by atoms with Gasteiger partial charge < -0.3 is 10.2 Å². The summed E-state index contributed by atoms with van der Waals surface area (Å²) in [6.45, 7) is 0.703. The van der Waals surface area contributed by atoms with Crippen LogP contribution in [0.15, 0.2) is 43.0 Å². The summed E-state index contributed by atoms with van der Waals surface area (Å²) < 4.78 is 1.66. The van der Waals surface area contributed by atoms with E-state index >= 15 is 0 Å². The lowest BCUT2D eigenvalue weighted by Gasteiger charge is -2.34. The number of H-pyrrole nitrogens is 1. The van der Waals surface area contributed by atoms with Crippen molar-refractivity contribution >= 4 is 11.7 Å². The Balaban J connectivity index is 1.47. The number of urea groups is 1. The number of rotatable bonds is 3. The second-order valence-corrected chi connectivity index (χ2v) is 5.90. The van der Waals surface area contributed by atoms with Crippen molar-refractivity contribution in [3.05, 3.63) is 48.8 Å². The second-order valence-electron chi connectivity index (χ2n) is 5.90. The van der Waals surface area contributed by atoms with Gasteiger partial charge in [0.1, 0.15) is 12.2 Å². The van der Waals surface area contributed by atoms with Crippen LogP contribution in [0.25, 0.3) is 5.69 Å². The summed E-state index contributed by atoms with van der Waals surface area (Å²) in [5.74, 6) is 0.733. The van der Waals surface area contributed by atoms with E-state index in [-0.39, 0.29) is 12.1 Å². The number of benzene rings is 1. The van der Waals surface area contributed by atoms with Gasteiger partial charge in [-0.15, -0.1) is 5.10 Å². The zero-order valence-corrected chi connectivity index (χ0v) is 13.5. The molecule has 1 atom stereocenters. The molecule has 25 heavy (non-hydrogen) atoms. The van der Waals surface area contributed by atoms with Crippen LogP contribution in [0.2, 0.25) is 0 Å². The van der Waals surface area contributed by atoms with Crippen molar-refractivity contribution in [1.82, 2.24) is 35.1 Å². The van der Waals surface area contributed by atoms with E-state index < -0.39 is 0 Å². The molecule has 1 aliphatic heterocycles. The van der Waals surface area contributed by atoms with E-state index in [9.17, 15) is 4.79 Å². The van der Waals surface area contributed by atoms with Gasteiger partial charge in [-0.1, -0.05) is 5.21 Å². The van der Waals surface area contributed by atoms with Crippen molar-refractivity contribution in [2.75, 3.05) is 11.9 Å². The van der Waals surface area contributed by atoms with Gasteiger partial charge in [0.25, 0.3) is 0 Å². The summed E-state index contributed by atoms with van der Waals surface area (Å²) >= 11 is 0. The Bertz CT molecular complexity index is 812. The molecule has 1 fully saturated rings. The van der Waals surface area contributed by atoms with Crippen LogP contribution in [-0.4, -0.2) is 47.7 Å². The summed E-state index contributed by atoms with van der Waals surface area (Å²) in [7, 11) is 0. The molecule has 0 unspecified atom stereocenters. The first-order valence-corrected chi connectivity index (χ1v) is 8.21. The first-order chi connectivity index (χ1) is 12.3. The number of nitrogens with zero attached hydrogens (tertiary/aromatic N) is 6. The SMILES string of the molecule is O=C(Nc1ccc(-n2ccnn2)cc1)N1CCCC[C@@H]1c1ncn[nH]1. The smallest absolute Gasteiger partial charge is 0.314 e. The van der Waals surface area contributed by atoms with Crippen LogP contribution < -0.4 is 5.32 Å². The Hall–Kier alpha value is -3.23. The third-order valence-corrected chi connectivity index (χ3v) is 4.32. The number of carbonyl (C=O) groups is 1. The number of aromatic nitrogens is 6. The van der Waals surface area contributed by atoms with Crippen LogP contribution in [0.1, 0.15) is 31.1 Å². The molecule has 0 radical (unpaired) electrons. The normalized spacial score (nSPS) is 17.4. The predicted octanol–water partition coefficient (Wildman–Crippen LogP) is 2.14. The number of nitrogens with one attached hydrogen (secondary N) is 2. The molecule has 2 N–H and O–H groups in total. The van der Waals surface area contributed by atoms with Gasteiger partial charge in [0.2, 0.25) is 0 Å². The molecular formula is C16H18N8O. The fourth-order valence-corrected chi connectivity index (χ4v) is 3.07. The van der Waals surface area contributed by atoms with Crippen LogP contribution in [0.3, 0.4) is 0 Å². The Morgan fingerprint density at radius 3 is 2.84 bits per heavy atom. The fourth-order valence-electron chi connectivity index (χ4n) is 3.07. The molecule has 0 saturated carbocycles. The van der Waals surface area contributed by atoms with Crippen molar-refractivity contribution in [3.63, 3.8) is 0 Å². The zero-order valence-electron chi connectivity index (χ0n) is 13.5. The highest BCUT2D eigenvalue weighted by Crippen LogP contribution is 2.29. The molecule has 0 aliphatic carbocycles. The number of hydrogen-bond acceptors (Lipinski definition) is 5. The Labute approximate surface area is 144 Å². The number of amides is 2. The first-order valence-electron chi connectivity index (χ1n) is 8.21. The van der Waals surface area contributed by atoms with Gasteiger partial charge in [-0.2, -0.15) is 5.10 Å². The lowest BCUT2D eigenvalue weighted by molar-refractivity contribution is 0.159. The molecule has 9 heteroatoms. The minimum atomic E-state index is -0.130. The molecule has 4 rings (SSSR count). The molecule has 1 aliphatic rings. The average molecular weight is 338 g/mol. The lowest BCUT2D eigenvalue weighted by atomic mass is 10.0. The molecule has 2 amide bonds. The molecule has 1 aromatic carbocycles. The monoisotopic (exact) mass is 338 g/mol. The fraction of sp³-hybridized carbons (Fsp3) is 0.312. The van der Waals surface area contributed by atoms with Gasteiger partial charge in [0.15, 0.2) is 0 Å². The van der Waals surface area contributed by atoms with E-state index in [0.29, 0.717) is 6.54 Å². The molecule has 128 valence electrons. The molecule has 0 spiro atoms. The van der Waals surface area contributed by atoms with E-state index in [1.807, 2.05) is 29.2 Å². The molecule has 3 heterocycles. The molecule has 3 aromatic rings. The maximum absolute atomic E-state index is 12.7. The van der Waals surface area contributed by atoms with E-state index in [1.165, 1.54) is 6.33 Å². The maximum atomic E-state index is 12.7. The van der Waals surface area contributed by atoms with Gasteiger partial charge in [0, 0.05) is 12.2 Å². The highest BCUT2D eigenvalue weighted by molar-refractivity contribution is 5.89. The van der Waals surface area contributed by atoms with Gasteiger partial charge >= 0.3 is 6.03 Å². The number of piperidine rings is 1. The maximum Gasteiger partial charge on any atom is 0.322 e. The third kappa shape index (κ3) is 3.21. The number of likely N-dealkylation sites (tertiary alicyclic amines) is 1. The van der Waals surface area contributed by atoms with Crippen LogP contribution >= 0.6 is 0 Å². The summed E-state index contributed by atoms with van der Waals surface area (Å²) in [6, 6.07) is 7.27. The predicted molar refractivity (Wildman–Crippen MR) is 90.1 cm³/mol. The summed E-state index contributed by atoms with van der Waals surface area (Å²) in [4.78, 5) is 18.7. The number of aromatic amines is 1. The van der Waals surface area contributed by atoms with Crippen molar-refractivity contribution < 1.29 is 4.79 Å². The van der Waals surface area contributed by atoms with Crippen molar-refractivity contribution in [2.24, 2.45) is 0 Å². The lowest BCUT2D eigenvalue weighted by Crippen LogP contribution is -2.41. The van der Waals surface area contributed by atoms with Crippen molar-refractivity contribution in [3.8, 4) is 5.69 Å². The molecule has 9 nitrogen and oxygen atoms in total. The van der Waals surface area contributed by atoms with E-state index in [1.54, 1.807) is 17.1 Å². The van der Waals surface area contributed by atoms with Crippen molar-refractivity contribution in [2.45, 2.75) is 25.3 Å². The Kier molecular flexibility index (Phi) is 4.11. The largest absolute Gasteiger partial charge is 0.322 e. The third-order valence-electron chi connectivity index (χ3n) is 4.32. The minimum Gasteiger partial charge on any atom is -0.314 e. The number of carbonyl (C=O) groups excluding carboxylic acids is 1. The van der Waals surface area contributed by atoms with E-state index in [0.717, 1.165) is 36.5 Å². The highest BCUT2D eigenvalue weighted by atomic mass is 16.2. The summed E-state index contributed by atoms with van der Waals surface area (Å²) in [5, 5.41) is 17.5. The van der Waals surface area contributed by atoms with Crippen LogP contribution in [0.4, 0.5) is 10.5 Å². The van der Waals surface area contributed by atoms with Gasteiger partial charge in [-0.05, 0) is 43.5 Å². The van der Waals surface area contributed by atoms with E-state index in [2.05, 4.69) is 30.8 Å². The number of hydrogen-bond donors (Lipinski definition) is 2. The van der Waals surface area contributed by atoms with Gasteiger partial charge in [-0.3, -0.25) is 5.10 Å². The number of anilines is 1. The minimum absolute atomic E-state index is 0.0642. The van der Waals surface area contributed by atoms with E-state index in [4.69, 9.17) is 0 Å². The second kappa shape index (κ2) is 6.71. The Morgan fingerprint density at radius 2 is 2.12 bits per heavy atom. The van der Waals surface area contributed by atoms with Crippen LogP contribution in [-0.2, 0) is 0 Å². The van der Waals surface area contributed by atoms with Gasteiger partial charge in [-0.25, -0.2) is 14.5 Å². The first kappa shape index (κ1) is 15.3. The average Bonchev–Trinajstić information content (AvgIpc) is 3.36. The van der Waals surface area contributed by atoms with Crippen LogP contribution in [0, 0.1) is 0 Å². The van der Waals surface area contributed by atoms with Crippen molar-refractivity contribution in [1.29, 1.82) is 0 Å². The zero-order chi connectivity index (χ0) is 17.1. The quantitative estimate of drug-likeness (QED) is 0.761.